The summed E-state index contributed by atoms with van der Waals surface area (Å²) in [5.41, 5.74) is -0.227. The second-order valence-electron chi connectivity index (χ2n) is 6.78. The molecule has 1 heterocycles. The zero-order chi connectivity index (χ0) is 17.8. The van der Waals surface area contributed by atoms with Crippen molar-refractivity contribution in [2.75, 3.05) is 0 Å². The summed E-state index contributed by atoms with van der Waals surface area (Å²) in [6, 6.07) is 3.02. The van der Waals surface area contributed by atoms with Crippen LogP contribution >= 0.6 is 0 Å². The molecule has 0 radical (unpaired) electrons. The summed E-state index contributed by atoms with van der Waals surface area (Å²) in [5, 5.41) is 0. The van der Waals surface area contributed by atoms with Crippen molar-refractivity contribution in [2.45, 2.75) is 44.8 Å². The molecule has 0 spiro atoms. The molecule has 1 saturated heterocycles. The van der Waals surface area contributed by atoms with E-state index in [1.165, 1.54) is 45.0 Å². The highest BCUT2D eigenvalue weighted by atomic mass is 32.2. The first kappa shape index (κ1) is 17.8. The maximum atomic E-state index is 13.4. The number of halogens is 3. The summed E-state index contributed by atoms with van der Waals surface area (Å²) in [4.78, 5) is 11.9. The maximum absolute atomic E-state index is 13.4. The zero-order valence-electron chi connectivity index (χ0n) is 13.2. The minimum Gasteiger partial charge on any atom is -0.273 e. The molecule has 2 atom stereocenters. The van der Waals surface area contributed by atoms with E-state index < -0.39 is 39.5 Å². The summed E-state index contributed by atoms with van der Waals surface area (Å²) in [5.74, 6) is -2.43. The van der Waals surface area contributed by atoms with Gasteiger partial charge in [0.2, 0.25) is 5.91 Å². The Morgan fingerprint density at radius 3 is 1.91 bits per heavy atom. The van der Waals surface area contributed by atoms with Crippen LogP contribution in [0, 0.1) is 18.3 Å². The molecule has 1 aromatic rings. The molecule has 23 heavy (non-hydrogen) atoms. The Balaban J connectivity index is 2.49. The molecular formula is C15H18F3NO3S. The summed E-state index contributed by atoms with van der Waals surface area (Å²) in [7, 11) is -4.53. The van der Waals surface area contributed by atoms with Gasteiger partial charge in [0.15, 0.2) is 6.04 Å². The lowest BCUT2D eigenvalue weighted by Gasteiger charge is -2.51. The number of aryl methyl sites for hydroxylation is 1. The Kier molecular flexibility index (Phi) is 4.04. The fourth-order valence-electron chi connectivity index (χ4n) is 2.72. The third-order valence-electron chi connectivity index (χ3n) is 3.90. The van der Waals surface area contributed by atoms with Crippen molar-refractivity contribution in [3.05, 3.63) is 29.8 Å². The van der Waals surface area contributed by atoms with Gasteiger partial charge in [-0.05, 0) is 24.5 Å². The third-order valence-corrected chi connectivity index (χ3v) is 5.69. The standard InChI is InChI=1S/C15H18F3NO3S/c1-9-5-7-10(8-6-9)23(21,22)19-12(15(16,17)18)11(13(19)20)14(2,3)4/h5-8,11-12H,1-4H3/t11-,12+/m0/s1. The Morgan fingerprint density at radius 1 is 1.04 bits per heavy atom. The first-order chi connectivity index (χ1) is 10.3. The Hall–Kier alpha value is -1.57. The minimum absolute atomic E-state index is 0.0203. The predicted octanol–water partition coefficient (Wildman–Crippen LogP) is 3.12. The van der Waals surface area contributed by atoms with Crippen LogP contribution < -0.4 is 0 Å². The first-order valence-corrected chi connectivity index (χ1v) is 8.43. The fourth-order valence-corrected chi connectivity index (χ4v) is 4.32. The van der Waals surface area contributed by atoms with Crippen molar-refractivity contribution in [1.82, 2.24) is 4.31 Å². The lowest BCUT2D eigenvalue weighted by Crippen LogP contribution is -2.71. The van der Waals surface area contributed by atoms with Crippen LogP contribution in [-0.2, 0) is 14.8 Å². The summed E-state index contributed by atoms with van der Waals surface area (Å²) in [6.07, 6.45) is -4.82. The molecule has 128 valence electrons. The smallest absolute Gasteiger partial charge is 0.273 e. The van der Waals surface area contributed by atoms with E-state index in [4.69, 9.17) is 0 Å². The molecule has 1 aliphatic heterocycles. The van der Waals surface area contributed by atoms with Crippen molar-refractivity contribution in [2.24, 2.45) is 11.3 Å². The van der Waals surface area contributed by atoms with Crippen LogP contribution in [0.15, 0.2) is 29.2 Å². The summed E-state index contributed by atoms with van der Waals surface area (Å²) in [6.45, 7) is 6.19. The summed E-state index contributed by atoms with van der Waals surface area (Å²) < 4.78 is 65.0. The van der Waals surface area contributed by atoms with E-state index in [-0.39, 0.29) is 9.20 Å². The number of amides is 1. The van der Waals surface area contributed by atoms with Gasteiger partial charge in [-0.2, -0.15) is 13.2 Å². The SMILES string of the molecule is Cc1ccc(S(=O)(=O)N2C(=O)[C@@H](C(C)(C)C)[C@@H]2C(F)(F)F)cc1. The molecule has 1 amide bonds. The second-order valence-corrected chi connectivity index (χ2v) is 8.60. The summed E-state index contributed by atoms with van der Waals surface area (Å²) >= 11 is 0. The van der Waals surface area contributed by atoms with Crippen molar-refractivity contribution < 1.29 is 26.4 Å². The van der Waals surface area contributed by atoms with Gasteiger partial charge in [0.05, 0.1) is 10.8 Å². The molecule has 1 aromatic carbocycles. The van der Waals surface area contributed by atoms with Crippen LogP contribution in [0.25, 0.3) is 0 Å². The van der Waals surface area contributed by atoms with Gasteiger partial charge in [-0.25, -0.2) is 12.7 Å². The molecule has 2 rings (SSSR count). The van der Waals surface area contributed by atoms with E-state index in [1.807, 2.05) is 0 Å². The van der Waals surface area contributed by atoms with E-state index >= 15 is 0 Å². The topological polar surface area (TPSA) is 54.5 Å². The van der Waals surface area contributed by atoms with E-state index in [2.05, 4.69) is 0 Å². The number of nitrogens with zero attached hydrogens (tertiary/aromatic N) is 1. The largest absolute Gasteiger partial charge is 0.410 e. The zero-order valence-corrected chi connectivity index (χ0v) is 14.0. The predicted molar refractivity (Wildman–Crippen MR) is 78.0 cm³/mol. The van der Waals surface area contributed by atoms with Gasteiger partial charge in [0.25, 0.3) is 10.0 Å². The van der Waals surface area contributed by atoms with E-state index in [9.17, 15) is 26.4 Å². The van der Waals surface area contributed by atoms with E-state index in [0.717, 1.165) is 5.56 Å². The third kappa shape index (κ3) is 2.96. The fraction of sp³-hybridized carbons (Fsp3) is 0.533. The van der Waals surface area contributed by atoms with Crippen LogP contribution in [0.3, 0.4) is 0 Å². The van der Waals surface area contributed by atoms with Crippen molar-refractivity contribution in [1.29, 1.82) is 0 Å². The Labute approximate surface area is 133 Å². The average molecular weight is 349 g/mol. The van der Waals surface area contributed by atoms with Crippen LogP contribution in [0.5, 0.6) is 0 Å². The molecule has 0 bridgehead atoms. The average Bonchev–Trinajstić information content (AvgIpc) is 2.32. The van der Waals surface area contributed by atoms with E-state index in [0.29, 0.717) is 0 Å². The molecule has 0 unspecified atom stereocenters. The van der Waals surface area contributed by atoms with Crippen LogP contribution in [0.4, 0.5) is 13.2 Å². The molecule has 0 saturated carbocycles. The quantitative estimate of drug-likeness (QED) is 0.771. The number of sulfonamides is 1. The highest BCUT2D eigenvalue weighted by Crippen LogP contribution is 2.49. The minimum atomic E-state index is -4.82. The first-order valence-electron chi connectivity index (χ1n) is 6.99. The van der Waals surface area contributed by atoms with Gasteiger partial charge in [0.1, 0.15) is 0 Å². The molecule has 1 aliphatic rings. The van der Waals surface area contributed by atoms with Gasteiger partial charge < -0.3 is 0 Å². The van der Waals surface area contributed by atoms with Crippen molar-refractivity contribution in [3.63, 3.8) is 0 Å². The molecule has 1 fully saturated rings. The molecule has 8 heteroatoms. The van der Waals surface area contributed by atoms with Crippen LogP contribution in [-0.4, -0.2) is 30.8 Å². The van der Waals surface area contributed by atoms with Gasteiger partial charge in [-0.15, -0.1) is 0 Å². The molecular weight excluding hydrogens is 331 g/mol. The number of alkyl halides is 3. The van der Waals surface area contributed by atoms with Gasteiger partial charge >= 0.3 is 6.18 Å². The number of carbonyl (C=O) groups is 1. The molecule has 4 nitrogen and oxygen atoms in total. The Morgan fingerprint density at radius 2 is 1.52 bits per heavy atom. The maximum Gasteiger partial charge on any atom is 0.410 e. The van der Waals surface area contributed by atoms with Crippen LogP contribution in [0.1, 0.15) is 26.3 Å². The highest BCUT2D eigenvalue weighted by molar-refractivity contribution is 7.89. The van der Waals surface area contributed by atoms with Gasteiger partial charge in [0, 0.05) is 0 Å². The second kappa shape index (κ2) is 5.22. The van der Waals surface area contributed by atoms with Crippen molar-refractivity contribution in [3.8, 4) is 0 Å². The number of hydrogen-bond donors (Lipinski definition) is 0. The van der Waals surface area contributed by atoms with Gasteiger partial charge in [-0.3, -0.25) is 4.79 Å². The van der Waals surface area contributed by atoms with Crippen LogP contribution in [0.2, 0.25) is 0 Å². The highest BCUT2D eigenvalue weighted by Gasteiger charge is 2.67. The van der Waals surface area contributed by atoms with Gasteiger partial charge in [-0.1, -0.05) is 38.5 Å². The molecule has 0 aromatic heterocycles. The Bertz CT molecular complexity index is 718. The van der Waals surface area contributed by atoms with Crippen molar-refractivity contribution >= 4 is 15.9 Å². The monoisotopic (exact) mass is 349 g/mol. The van der Waals surface area contributed by atoms with E-state index in [1.54, 1.807) is 6.92 Å². The number of β-lactam (4-membered cyclic amide) rings is 1. The number of benzene rings is 1. The number of rotatable bonds is 2. The lowest BCUT2D eigenvalue weighted by molar-refractivity contribution is -0.225. The number of hydrogen-bond acceptors (Lipinski definition) is 3. The normalized spacial score (nSPS) is 22.9. The molecule has 0 N–H and O–H groups in total. The molecule has 0 aliphatic carbocycles. The lowest BCUT2D eigenvalue weighted by atomic mass is 9.71. The number of carbonyl (C=O) groups excluding carboxylic acids is 1.